The fourth-order valence-electron chi connectivity index (χ4n) is 2.11. The highest BCUT2D eigenvalue weighted by Gasteiger charge is 2.18. The molecule has 25 heavy (non-hydrogen) atoms. The minimum absolute atomic E-state index is 0.238. The Hall–Kier alpha value is -2.54. The average molecular weight is 371 g/mol. The van der Waals surface area contributed by atoms with Crippen molar-refractivity contribution in [3.8, 4) is 11.5 Å². The summed E-state index contributed by atoms with van der Waals surface area (Å²) in [5, 5.41) is 5.57. The van der Waals surface area contributed by atoms with Crippen LogP contribution in [0.4, 0.5) is 20.2 Å². The fraction of sp³-hybridized carbons (Fsp3) is 0.235. The van der Waals surface area contributed by atoms with Gasteiger partial charge in [-0.1, -0.05) is 11.6 Å². The molecular formula is C17H17ClF2N2O3. The van der Waals surface area contributed by atoms with Crippen LogP contribution in [0.5, 0.6) is 11.5 Å². The Morgan fingerprint density at radius 2 is 1.76 bits per heavy atom. The van der Waals surface area contributed by atoms with E-state index in [0.29, 0.717) is 22.2 Å². The standard InChI is InChI=1S/C17H17ClF2N2O3/c1-9(17(23)22-13-6-10(19)4-5-12(13)20)21-14-7-11(18)15(24-2)8-16(14)25-3/h4-9,21H,1-3H3,(H,22,23)/t9-/m0/s1. The van der Waals surface area contributed by atoms with Crippen molar-refractivity contribution < 1.29 is 23.0 Å². The predicted molar refractivity (Wildman–Crippen MR) is 92.6 cm³/mol. The van der Waals surface area contributed by atoms with Gasteiger partial charge in [0.1, 0.15) is 29.2 Å². The molecule has 0 aliphatic heterocycles. The number of benzene rings is 2. The number of hydrogen-bond acceptors (Lipinski definition) is 4. The van der Waals surface area contributed by atoms with Crippen molar-refractivity contribution in [2.75, 3.05) is 24.9 Å². The van der Waals surface area contributed by atoms with E-state index in [9.17, 15) is 13.6 Å². The molecule has 5 nitrogen and oxygen atoms in total. The molecule has 0 bridgehead atoms. The second-order valence-corrected chi connectivity index (χ2v) is 5.57. The second-order valence-electron chi connectivity index (χ2n) is 5.17. The molecule has 0 fully saturated rings. The Morgan fingerprint density at radius 1 is 1.08 bits per heavy atom. The van der Waals surface area contributed by atoms with Crippen LogP contribution in [0.3, 0.4) is 0 Å². The normalized spacial score (nSPS) is 11.6. The van der Waals surface area contributed by atoms with E-state index < -0.39 is 23.6 Å². The molecule has 8 heteroatoms. The molecule has 134 valence electrons. The average Bonchev–Trinajstić information content (AvgIpc) is 2.58. The highest BCUT2D eigenvalue weighted by atomic mass is 35.5. The number of carbonyl (C=O) groups excluding carboxylic acids is 1. The van der Waals surface area contributed by atoms with E-state index in [2.05, 4.69) is 10.6 Å². The van der Waals surface area contributed by atoms with E-state index in [-0.39, 0.29) is 5.69 Å². The number of nitrogens with one attached hydrogen (secondary N) is 2. The molecule has 0 unspecified atom stereocenters. The third kappa shape index (κ3) is 4.51. The van der Waals surface area contributed by atoms with Gasteiger partial charge in [-0.15, -0.1) is 0 Å². The van der Waals surface area contributed by atoms with Gasteiger partial charge in [-0.05, 0) is 25.1 Å². The van der Waals surface area contributed by atoms with Gasteiger partial charge in [0.25, 0.3) is 0 Å². The molecule has 1 atom stereocenters. The van der Waals surface area contributed by atoms with Crippen LogP contribution in [0.2, 0.25) is 5.02 Å². The SMILES string of the molecule is COc1cc(OC)c(N[C@@H](C)C(=O)Nc2cc(F)ccc2F)cc1Cl. The van der Waals surface area contributed by atoms with Crippen molar-refractivity contribution in [3.63, 3.8) is 0 Å². The molecule has 0 radical (unpaired) electrons. The monoisotopic (exact) mass is 370 g/mol. The zero-order valence-electron chi connectivity index (χ0n) is 13.8. The maximum absolute atomic E-state index is 13.6. The summed E-state index contributed by atoms with van der Waals surface area (Å²) in [5.74, 6) is -1.10. The number of carbonyl (C=O) groups is 1. The van der Waals surface area contributed by atoms with Crippen LogP contribution >= 0.6 is 11.6 Å². The van der Waals surface area contributed by atoms with Crippen LogP contribution in [0.1, 0.15) is 6.92 Å². The number of anilines is 2. The molecule has 0 aliphatic carbocycles. The highest BCUT2D eigenvalue weighted by molar-refractivity contribution is 6.32. The lowest BCUT2D eigenvalue weighted by Gasteiger charge is -2.18. The van der Waals surface area contributed by atoms with Crippen LogP contribution in [-0.4, -0.2) is 26.2 Å². The Bertz CT molecular complexity index is 787. The molecule has 0 saturated heterocycles. The van der Waals surface area contributed by atoms with Crippen molar-refractivity contribution in [1.29, 1.82) is 0 Å². The van der Waals surface area contributed by atoms with Gasteiger partial charge in [0, 0.05) is 12.1 Å². The molecule has 1 amide bonds. The Labute approximate surface area is 148 Å². The maximum atomic E-state index is 13.6. The topological polar surface area (TPSA) is 59.6 Å². The molecular weight excluding hydrogens is 354 g/mol. The summed E-state index contributed by atoms with van der Waals surface area (Å²) in [7, 11) is 2.93. The van der Waals surface area contributed by atoms with Crippen LogP contribution in [0.25, 0.3) is 0 Å². The van der Waals surface area contributed by atoms with Gasteiger partial charge in [-0.25, -0.2) is 8.78 Å². The van der Waals surface area contributed by atoms with Gasteiger partial charge in [0.15, 0.2) is 0 Å². The summed E-state index contributed by atoms with van der Waals surface area (Å²) in [5.41, 5.74) is 0.217. The number of hydrogen-bond donors (Lipinski definition) is 2. The Morgan fingerprint density at radius 3 is 2.40 bits per heavy atom. The quantitative estimate of drug-likeness (QED) is 0.804. The van der Waals surface area contributed by atoms with Crippen LogP contribution < -0.4 is 20.1 Å². The zero-order chi connectivity index (χ0) is 18.6. The summed E-state index contributed by atoms with van der Waals surface area (Å²) in [6.07, 6.45) is 0. The molecule has 2 aromatic carbocycles. The van der Waals surface area contributed by atoms with Crippen molar-refractivity contribution in [2.24, 2.45) is 0 Å². The van der Waals surface area contributed by atoms with Crippen molar-refractivity contribution in [2.45, 2.75) is 13.0 Å². The summed E-state index contributed by atoms with van der Waals surface area (Å²) >= 11 is 6.08. The second kappa shape index (κ2) is 8.02. The van der Waals surface area contributed by atoms with E-state index in [1.165, 1.54) is 14.2 Å². The lowest BCUT2D eigenvalue weighted by atomic mass is 10.2. The van der Waals surface area contributed by atoms with E-state index in [1.807, 2.05) is 0 Å². The lowest BCUT2D eigenvalue weighted by Crippen LogP contribution is -2.32. The van der Waals surface area contributed by atoms with Gasteiger partial charge in [-0.2, -0.15) is 0 Å². The van der Waals surface area contributed by atoms with Crippen molar-refractivity contribution in [1.82, 2.24) is 0 Å². The first kappa shape index (κ1) is 18.8. The smallest absolute Gasteiger partial charge is 0.246 e. The minimum Gasteiger partial charge on any atom is -0.495 e. The lowest BCUT2D eigenvalue weighted by molar-refractivity contribution is -0.116. The maximum Gasteiger partial charge on any atom is 0.246 e. The molecule has 0 saturated carbocycles. The van der Waals surface area contributed by atoms with Crippen LogP contribution in [0.15, 0.2) is 30.3 Å². The molecule has 0 aliphatic rings. The number of rotatable bonds is 6. The van der Waals surface area contributed by atoms with Gasteiger partial charge < -0.3 is 20.1 Å². The summed E-state index contributed by atoms with van der Waals surface area (Å²) in [6, 6.07) is 5.16. The highest BCUT2D eigenvalue weighted by Crippen LogP contribution is 2.36. The van der Waals surface area contributed by atoms with Crippen LogP contribution in [0, 0.1) is 11.6 Å². The molecule has 0 spiro atoms. The van der Waals surface area contributed by atoms with E-state index >= 15 is 0 Å². The van der Waals surface area contributed by atoms with Gasteiger partial charge >= 0.3 is 0 Å². The van der Waals surface area contributed by atoms with E-state index in [0.717, 1.165) is 18.2 Å². The molecule has 2 N–H and O–H groups in total. The van der Waals surface area contributed by atoms with Crippen LogP contribution in [-0.2, 0) is 4.79 Å². The largest absolute Gasteiger partial charge is 0.495 e. The molecule has 0 aromatic heterocycles. The van der Waals surface area contributed by atoms with Gasteiger partial charge in [0.05, 0.1) is 30.6 Å². The Kier molecular flexibility index (Phi) is 6.03. The summed E-state index contributed by atoms with van der Waals surface area (Å²) in [6.45, 7) is 1.56. The third-order valence-corrected chi connectivity index (χ3v) is 3.72. The van der Waals surface area contributed by atoms with Crippen molar-refractivity contribution in [3.05, 3.63) is 47.0 Å². The first-order valence-corrected chi connectivity index (χ1v) is 7.67. The van der Waals surface area contributed by atoms with E-state index in [4.69, 9.17) is 21.1 Å². The minimum atomic E-state index is -0.777. The number of amides is 1. The van der Waals surface area contributed by atoms with Gasteiger partial charge in [0.2, 0.25) is 5.91 Å². The Balaban J connectivity index is 2.16. The van der Waals surface area contributed by atoms with Gasteiger partial charge in [-0.3, -0.25) is 4.79 Å². The zero-order valence-corrected chi connectivity index (χ0v) is 14.6. The first-order chi connectivity index (χ1) is 11.8. The summed E-state index contributed by atoms with van der Waals surface area (Å²) in [4.78, 5) is 12.2. The fourth-order valence-corrected chi connectivity index (χ4v) is 2.35. The third-order valence-electron chi connectivity index (χ3n) is 3.43. The predicted octanol–water partition coefficient (Wildman–Crippen LogP) is 4.07. The first-order valence-electron chi connectivity index (χ1n) is 7.29. The molecule has 2 rings (SSSR count). The number of halogens is 3. The van der Waals surface area contributed by atoms with Crippen molar-refractivity contribution >= 4 is 28.9 Å². The molecule has 0 heterocycles. The number of ether oxygens (including phenoxy) is 2. The number of methoxy groups -OCH3 is 2. The van der Waals surface area contributed by atoms with E-state index in [1.54, 1.807) is 19.1 Å². The summed E-state index contributed by atoms with van der Waals surface area (Å²) < 4.78 is 37.1. The molecule has 2 aromatic rings.